The first-order chi connectivity index (χ1) is 9.70. The molecule has 1 N–H and O–H groups in total. The summed E-state index contributed by atoms with van der Waals surface area (Å²) in [6.45, 7) is 3.36. The van der Waals surface area contributed by atoms with Crippen molar-refractivity contribution < 1.29 is 12.8 Å². The summed E-state index contributed by atoms with van der Waals surface area (Å²) >= 11 is 7.92. The highest BCUT2D eigenvalue weighted by atomic mass is 127. The standard InChI is InChI=1S/C14H12ClFINO2S/c1-8-6-14(9(2)5-11(8)15)21(19,20)18-13-4-3-10(17)7-12(13)16/h3-7,18H,1-2H3. The monoisotopic (exact) mass is 439 g/mol. The molecule has 0 unspecified atom stereocenters. The third-order valence-electron chi connectivity index (χ3n) is 2.92. The van der Waals surface area contributed by atoms with Crippen LogP contribution < -0.4 is 4.72 Å². The molecule has 112 valence electrons. The highest BCUT2D eigenvalue weighted by Gasteiger charge is 2.19. The molecule has 21 heavy (non-hydrogen) atoms. The minimum Gasteiger partial charge on any atom is -0.277 e. The van der Waals surface area contributed by atoms with Crippen LogP contribution in [0.15, 0.2) is 35.2 Å². The summed E-state index contributed by atoms with van der Waals surface area (Å²) < 4.78 is 41.5. The Hall–Kier alpha value is -0.860. The third-order valence-corrected chi connectivity index (χ3v) is 5.51. The van der Waals surface area contributed by atoms with Crippen molar-refractivity contribution in [3.05, 3.63) is 55.9 Å². The van der Waals surface area contributed by atoms with Gasteiger partial charge in [-0.2, -0.15) is 0 Å². The van der Waals surface area contributed by atoms with Crippen LogP contribution in [0.2, 0.25) is 5.02 Å². The molecule has 0 fully saturated rings. The van der Waals surface area contributed by atoms with Gasteiger partial charge in [0.15, 0.2) is 0 Å². The van der Waals surface area contributed by atoms with Crippen LogP contribution in [0.25, 0.3) is 0 Å². The predicted molar refractivity (Wildman–Crippen MR) is 90.9 cm³/mol. The molecule has 0 heterocycles. The van der Waals surface area contributed by atoms with Gasteiger partial charge >= 0.3 is 0 Å². The number of benzene rings is 2. The Morgan fingerprint density at radius 2 is 1.81 bits per heavy atom. The second-order valence-electron chi connectivity index (χ2n) is 4.60. The van der Waals surface area contributed by atoms with E-state index in [1.54, 1.807) is 26.0 Å². The van der Waals surface area contributed by atoms with Crippen LogP contribution in [0.5, 0.6) is 0 Å². The molecule has 0 saturated heterocycles. The van der Waals surface area contributed by atoms with Gasteiger partial charge < -0.3 is 0 Å². The van der Waals surface area contributed by atoms with Crippen LogP contribution in [-0.4, -0.2) is 8.42 Å². The molecule has 0 atom stereocenters. The number of nitrogens with one attached hydrogen (secondary N) is 1. The molecule has 0 amide bonds. The molecule has 3 nitrogen and oxygen atoms in total. The van der Waals surface area contributed by atoms with Crippen LogP contribution in [-0.2, 0) is 10.0 Å². The molecular weight excluding hydrogens is 428 g/mol. The predicted octanol–water partition coefficient (Wildman–Crippen LogP) is 4.50. The zero-order valence-electron chi connectivity index (χ0n) is 11.2. The van der Waals surface area contributed by atoms with Gasteiger partial charge in [-0.3, -0.25) is 4.72 Å². The minimum atomic E-state index is -3.87. The summed E-state index contributed by atoms with van der Waals surface area (Å²) in [6.07, 6.45) is 0. The van der Waals surface area contributed by atoms with E-state index in [4.69, 9.17) is 11.6 Å². The summed E-state index contributed by atoms with van der Waals surface area (Å²) in [4.78, 5) is 0.0855. The number of hydrogen-bond donors (Lipinski definition) is 1. The maximum absolute atomic E-state index is 13.8. The first-order valence-electron chi connectivity index (χ1n) is 5.95. The summed E-state index contributed by atoms with van der Waals surface area (Å²) in [5.74, 6) is -0.617. The zero-order chi connectivity index (χ0) is 15.8. The van der Waals surface area contributed by atoms with Crippen LogP contribution >= 0.6 is 34.2 Å². The van der Waals surface area contributed by atoms with Crippen molar-refractivity contribution in [2.45, 2.75) is 18.7 Å². The van der Waals surface area contributed by atoms with Gasteiger partial charge in [0.25, 0.3) is 10.0 Å². The van der Waals surface area contributed by atoms with E-state index in [1.165, 1.54) is 18.2 Å². The van der Waals surface area contributed by atoms with Crippen LogP contribution in [0, 0.1) is 23.2 Å². The van der Waals surface area contributed by atoms with E-state index in [0.717, 1.165) is 0 Å². The second-order valence-corrected chi connectivity index (χ2v) is 7.90. The molecular formula is C14H12ClFINO2S. The highest BCUT2D eigenvalue weighted by Crippen LogP contribution is 2.26. The van der Waals surface area contributed by atoms with Gasteiger partial charge in [0.05, 0.1) is 10.6 Å². The van der Waals surface area contributed by atoms with E-state index in [-0.39, 0.29) is 10.6 Å². The maximum atomic E-state index is 13.8. The minimum absolute atomic E-state index is 0.0811. The fourth-order valence-electron chi connectivity index (χ4n) is 1.82. The number of rotatable bonds is 3. The van der Waals surface area contributed by atoms with Gasteiger partial charge in [-0.05, 0) is 77.9 Å². The van der Waals surface area contributed by atoms with E-state index in [9.17, 15) is 12.8 Å². The molecule has 0 radical (unpaired) electrons. The SMILES string of the molecule is Cc1cc(S(=O)(=O)Nc2ccc(I)cc2F)c(C)cc1Cl. The molecule has 2 aromatic carbocycles. The molecule has 0 spiro atoms. The van der Waals surface area contributed by atoms with Crippen LogP contribution in [0.3, 0.4) is 0 Å². The van der Waals surface area contributed by atoms with Crippen molar-refractivity contribution in [1.82, 2.24) is 0 Å². The average Bonchev–Trinajstić information content (AvgIpc) is 2.37. The molecule has 2 rings (SSSR count). The maximum Gasteiger partial charge on any atom is 0.262 e. The number of sulfonamides is 1. The summed E-state index contributed by atoms with van der Waals surface area (Å²) in [5.41, 5.74) is 1.07. The molecule has 0 saturated carbocycles. The van der Waals surface area contributed by atoms with Crippen molar-refractivity contribution >= 4 is 49.9 Å². The number of aryl methyl sites for hydroxylation is 2. The second kappa shape index (κ2) is 6.10. The summed E-state index contributed by atoms with van der Waals surface area (Å²) in [6, 6.07) is 7.34. The molecule has 0 aliphatic carbocycles. The smallest absolute Gasteiger partial charge is 0.262 e. The zero-order valence-corrected chi connectivity index (χ0v) is 15.0. The van der Waals surface area contributed by atoms with Crippen molar-refractivity contribution in [1.29, 1.82) is 0 Å². The van der Waals surface area contributed by atoms with Crippen LogP contribution in [0.4, 0.5) is 10.1 Å². The van der Waals surface area contributed by atoms with Crippen molar-refractivity contribution in [2.24, 2.45) is 0 Å². The Kier molecular flexibility index (Phi) is 4.79. The van der Waals surface area contributed by atoms with Gasteiger partial charge in [-0.25, -0.2) is 12.8 Å². The summed E-state index contributed by atoms with van der Waals surface area (Å²) in [7, 11) is -3.87. The molecule has 0 aliphatic rings. The van der Waals surface area contributed by atoms with Crippen LogP contribution in [0.1, 0.15) is 11.1 Å². The Balaban J connectivity index is 2.46. The highest BCUT2D eigenvalue weighted by molar-refractivity contribution is 14.1. The van der Waals surface area contributed by atoms with Gasteiger partial charge in [-0.15, -0.1) is 0 Å². The molecule has 0 aromatic heterocycles. The van der Waals surface area contributed by atoms with Crippen molar-refractivity contribution in [2.75, 3.05) is 4.72 Å². The van der Waals surface area contributed by atoms with Gasteiger partial charge in [0, 0.05) is 8.59 Å². The Bertz CT molecular complexity index is 809. The lowest BCUT2D eigenvalue weighted by atomic mass is 10.2. The molecule has 7 heteroatoms. The lowest BCUT2D eigenvalue weighted by Crippen LogP contribution is -2.15. The van der Waals surface area contributed by atoms with E-state index in [1.807, 2.05) is 22.6 Å². The molecule has 2 aromatic rings. The fourth-order valence-corrected chi connectivity index (χ4v) is 3.87. The van der Waals surface area contributed by atoms with E-state index >= 15 is 0 Å². The van der Waals surface area contributed by atoms with Gasteiger partial charge in [0.1, 0.15) is 5.82 Å². The quantitative estimate of drug-likeness (QED) is 0.716. The first-order valence-corrected chi connectivity index (χ1v) is 8.89. The molecule has 0 bridgehead atoms. The van der Waals surface area contributed by atoms with Gasteiger partial charge in [-0.1, -0.05) is 11.6 Å². The number of anilines is 1. The first kappa shape index (κ1) is 16.5. The van der Waals surface area contributed by atoms with E-state index < -0.39 is 15.8 Å². The topological polar surface area (TPSA) is 46.2 Å². The normalized spacial score (nSPS) is 11.5. The van der Waals surface area contributed by atoms with Crippen molar-refractivity contribution in [3.63, 3.8) is 0 Å². The van der Waals surface area contributed by atoms with Crippen molar-refractivity contribution in [3.8, 4) is 0 Å². The van der Waals surface area contributed by atoms with Gasteiger partial charge in [0.2, 0.25) is 0 Å². The Morgan fingerprint density at radius 3 is 2.43 bits per heavy atom. The Labute approximate surface area is 141 Å². The third kappa shape index (κ3) is 3.67. The summed E-state index contributed by atoms with van der Waals surface area (Å²) in [5, 5.41) is 0.492. The Morgan fingerprint density at radius 1 is 1.14 bits per heavy atom. The fraction of sp³-hybridized carbons (Fsp3) is 0.143. The number of hydrogen-bond acceptors (Lipinski definition) is 2. The van der Waals surface area contributed by atoms with E-state index in [0.29, 0.717) is 19.7 Å². The largest absolute Gasteiger partial charge is 0.277 e. The average molecular weight is 440 g/mol. The lowest BCUT2D eigenvalue weighted by molar-refractivity contribution is 0.598. The van der Waals surface area contributed by atoms with E-state index in [2.05, 4.69) is 4.72 Å². The molecule has 0 aliphatic heterocycles. The lowest BCUT2D eigenvalue weighted by Gasteiger charge is -2.12. The number of halogens is 3.